The lowest BCUT2D eigenvalue weighted by Gasteiger charge is -2.29. The van der Waals surface area contributed by atoms with Crippen LogP contribution in [-0.2, 0) is 11.3 Å². The van der Waals surface area contributed by atoms with E-state index in [9.17, 15) is 8.78 Å². The number of pyridine rings is 1. The van der Waals surface area contributed by atoms with Gasteiger partial charge in [0.15, 0.2) is 0 Å². The zero-order chi connectivity index (χ0) is 16.2. The molecule has 0 radical (unpaired) electrons. The van der Waals surface area contributed by atoms with Crippen molar-refractivity contribution in [2.45, 2.75) is 13.5 Å². The summed E-state index contributed by atoms with van der Waals surface area (Å²) in [7, 11) is 0. The molecule has 1 N–H and O–H groups in total. The first-order chi connectivity index (χ1) is 11.1. The van der Waals surface area contributed by atoms with E-state index in [-0.39, 0.29) is 11.4 Å². The first-order valence-electron chi connectivity index (χ1n) is 7.61. The summed E-state index contributed by atoms with van der Waals surface area (Å²) in [6.07, 6.45) is 0. The van der Waals surface area contributed by atoms with E-state index in [2.05, 4.69) is 10.3 Å². The minimum Gasteiger partial charge on any atom is -0.378 e. The smallest absolute Gasteiger partial charge is 0.148 e. The van der Waals surface area contributed by atoms with Crippen molar-refractivity contribution in [2.75, 3.05) is 36.5 Å². The molecule has 1 fully saturated rings. The predicted molar refractivity (Wildman–Crippen MR) is 85.7 cm³/mol. The molecular formula is C17H19F2N3O. The molecule has 1 saturated heterocycles. The third-order valence-electron chi connectivity index (χ3n) is 3.79. The van der Waals surface area contributed by atoms with E-state index >= 15 is 0 Å². The molecule has 0 spiro atoms. The highest BCUT2D eigenvalue weighted by Crippen LogP contribution is 2.27. The summed E-state index contributed by atoms with van der Waals surface area (Å²) in [5.41, 5.74) is 2.09. The van der Waals surface area contributed by atoms with Gasteiger partial charge in [0.1, 0.15) is 11.6 Å². The van der Waals surface area contributed by atoms with Crippen molar-refractivity contribution in [3.05, 3.63) is 53.4 Å². The van der Waals surface area contributed by atoms with Gasteiger partial charge in [-0.15, -0.1) is 0 Å². The molecule has 2 heterocycles. The number of nitrogens with one attached hydrogen (secondary N) is 1. The van der Waals surface area contributed by atoms with Gasteiger partial charge in [0.2, 0.25) is 0 Å². The maximum Gasteiger partial charge on any atom is 0.148 e. The molecule has 2 aromatic rings. The Hall–Kier alpha value is -2.21. The highest BCUT2D eigenvalue weighted by atomic mass is 19.1. The van der Waals surface area contributed by atoms with E-state index in [1.165, 1.54) is 12.1 Å². The van der Waals surface area contributed by atoms with Crippen molar-refractivity contribution in [2.24, 2.45) is 0 Å². The third kappa shape index (κ3) is 3.76. The average Bonchev–Trinajstić information content (AvgIpc) is 2.56. The number of hydrogen-bond acceptors (Lipinski definition) is 4. The highest BCUT2D eigenvalue weighted by molar-refractivity contribution is 5.57. The van der Waals surface area contributed by atoms with Crippen LogP contribution >= 0.6 is 0 Å². The summed E-state index contributed by atoms with van der Waals surface area (Å²) in [4.78, 5) is 6.13. The van der Waals surface area contributed by atoms with Gasteiger partial charge in [-0.2, -0.15) is 0 Å². The molecular weight excluding hydrogens is 300 g/mol. The number of aryl methyl sites for hydroxylation is 1. The van der Waals surface area contributed by atoms with Crippen molar-refractivity contribution in [3.8, 4) is 0 Å². The molecule has 0 aliphatic carbocycles. The summed E-state index contributed by atoms with van der Waals surface area (Å²) >= 11 is 0. The van der Waals surface area contributed by atoms with Crippen molar-refractivity contribution >= 4 is 11.4 Å². The summed E-state index contributed by atoms with van der Waals surface area (Å²) in [6.45, 7) is 4.42. The van der Waals surface area contributed by atoms with Gasteiger partial charge in [-0.1, -0.05) is 6.07 Å². The zero-order valence-electron chi connectivity index (χ0n) is 13.0. The number of anilines is 2. The van der Waals surface area contributed by atoms with Crippen LogP contribution in [0.3, 0.4) is 0 Å². The van der Waals surface area contributed by atoms with Crippen molar-refractivity contribution in [3.63, 3.8) is 0 Å². The maximum atomic E-state index is 14.3. The molecule has 23 heavy (non-hydrogen) atoms. The van der Waals surface area contributed by atoms with Gasteiger partial charge in [-0.3, -0.25) is 4.98 Å². The van der Waals surface area contributed by atoms with E-state index in [4.69, 9.17) is 4.74 Å². The Morgan fingerprint density at radius 2 is 1.96 bits per heavy atom. The molecule has 1 aliphatic heterocycles. The zero-order valence-corrected chi connectivity index (χ0v) is 13.0. The van der Waals surface area contributed by atoms with Gasteiger partial charge in [0.25, 0.3) is 0 Å². The number of rotatable bonds is 4. The Labute approximate surface area is 134 Å². The SMILES string of the molecule is Cc1cccc(CNc2cc(F)c(N3CCOCC3)cc2F)n1. The minimum atomic E-state index is -0.472. The lowest BCUT2D eigenvalue weighted by molar-refractivity contribution is 0.122. The summed E-state index contributed by atoms with van der Waals surface area (Å²) in [6, 6.07) is 8.07. The predicted octanol–water partition coefficient (Wildman–Crippen LogP) is 3.12. The standard InChI is InChI=1S/C17H19F2N3O/c1-12-3-2-4-13(21-12)11-20-16-9-15(19)17(10-14(16)18)22-5-7-23-8-6-22/h2-4,9-10,20H,5-8,11H2,1H3. The fourth-order valence-corrected chi connectivity index (χ4v) is 2.60. The van der Waals surface area contributed by atoms with Crippen molar-refractivity contribution in [1.82, 2.24) is 4.98 Å². The number of aromatic nitrogens is 1. The molecule has 0 atom stereocenters. The van der Waals surface area contributed by atoms with E-state index in [1.807, 2.05) is 25.1 Å². The van der Waals surface area contributed by atoms with Crippen LogP contribution in [0.2, 0.25) is 0 Å². The number of benzene rings is 1. The molecule has 0 saturated carbocycles. The highest BCUT2D eigenvalue weighted by Gasteiger charge is 2.18. The number of nitrogens with zero attached hydrogens (tertiary/aromatic N) is 2. The van der Waals surface area contributed by atoms with Gasteiger partial charge >= 0.3 is 0 Å². The molecule has 1 aromatic heterocycles. The van der Waals surface area contributed by atoms with Crippen LogP contribution in [0.5, 0.6) is 0 Å². The van der Waals surface area contributed by atoms with Crippen molar-refractivity contribution < 1.29 is 13.5 Å². The molecule has 0 amide bonds. The summed E-state index contributed by atoms with van der Waals surface area (Å²) in [5.74, 6) is -0.909. The Bertz CT molecular complexity index is 688. The lowest BCUT2D eigenvalue weighted by Crippen LogP contribution is -2.36. The Morgan fingerprint density at radius 1 is 1.17 bits per heavy atom. The Kier molecular flexibility index (Phi) is 4.71. The second-order valence-electron chi connectivity index (χ2n) is 5.51. The number of hydrogen-bond donors (Lipinski definition) is 1. The molecule has 0 unspecified atom stereocenters. The quantitative estimate of drug-likeness (QED) is 0.939. The van der Waals surface area contributed by atoms with E-state index in [0.717, 1.165) is 11.4 Å². The van der Waals surface area contributed by atoms with Crippen LogP contribution in [0, 0.1) is 18.6 Å². The van der Waals surface area contributed by atoms with Crippen LogP contribution in [0.4, 0.5) is 20.2 Å². The largest absolute Gasteiger partial charge is 0.378 e. The fourth-order valence-electron chi connectivity index (χ4n) is 2.60. The van der Waals surface area contributed by atoms with E-state index in [0.29, 0.717) is 32.8 Å². The van der Waals surface area contributed by atoms with Gasteiger partial charge in [-0.05, 0) is 19.1 Å². The normalized spacial score (nSPS) is 14.8. The second-order valence-corrected chi connectivity index (χ2v) is 5.51. The van der Waals surface area contributed by atoms with Crippen molar-refractivity contribution in [1.29, 1.82) is 0 Å². The maximum absolute atomic E-state index is 14.3. The number of ether oxygens (including phenoxy) is 1. The Morgan fingerprint density at radius 3 is 2.70 bits per heavy atom. The minimum absolute atomic E-state index is 0.141. The third-order valence-corrected chi connectivity index (χ3v) is 3.79. The number of morpholine rings is 1. The second kappa shape index (κ2) is 6.91. The van der Waals surface area contributed by atoms with Gasteiger partial charge in [0.05, 0.1) is 36.8 Å². The molecule has 122 valence electrons. The van der Waals surface area contributed by atoms with Crippen LogP contribution in [0.25, 0.3) is 0 Å². The monoisotopic (exact) mass is 319 g/mol. The van der Waals surface area contributed by atoms with Crippen LogP contribution in [0.1, 0.15) is 11.4 Å². The topological polar surface area (TPSA) is 37.4 Å². The number of halogens is 2. The van der Waals surface area contributed by atoms with E-state index in [1.54, 1.807) is 4.90 Å². The van der Waals surface area contributed by atoms with Crippen LogP contribution in [-0.4, -0.2) is 31.3 Å². The van der Waals surface area contributed by atoms with Crippen LogP contribution < -0.4 is 10.2 Å². The summed E-state index contributed by atoms with van der Waals surface area (Å²) < 4.78 is 33.8. The average molecular weight is 319 g/mol. The first kappa shape index (κ1) is 15.7. The Balaban J connectivity index is 1.74. The molecule has 6 heteroatoms. The first-order valence-corrected chi connectivity index (χ1v) is 7.61. The lowest BCUT2D eigenvalue weighted by atomic mass is 10.2. The molecule has 1 aromatic carbocycles. The van der Waals surface area contributed by atoms with Gasteiger partial charge in [-0.25, -0.2) is 8.78 Å². The van der Waals surface area contributed by atoms with Gasteiger partial charge in [0, 0.05) is 30.9 Å². The molecule has 1 aliphatic rings. The van der Waals surface area contributed by atoms with Gasteiger partial charge < -0.3 is 15.0 Å². The summed E-state index contributed by atoms with van der Waals surface area (Å²) in [5, 5.41) is 2.91. The molecule has 4 nitrogen and oxygen atoms in total. The fraction of sp³-hybridized carbons (Fsp3) is 0.353. The molecule has 3 rings (SSSR count). The molecule has 0 bridgehead atoms. The van der Waals surface area contributed by atoms with Crippen LogP contribution in [0.15, 0.2) is 30.3 Å². The van der Waals surface area contributed by atoms with E-state index < -0.39 is 11.6 Å².